The van der Waals surface area contributed by atoms with E-state index in [9.17, 15) is 4.79 Å². The van der Waals surface area contributed by atoms with Crippen LogP contribution in [0.1, 0.15) is 26.3 Å². The molecule has 0 aliphatic carbocycles. The topological polar surface area (TPSA) is 60.0 Å². The average Bonchev–Trinajstić information content (AvgIpc) is 2.59. The Labute approximate surface area is 151 Å². The Balaban J connectivity index is 1.70. The van der Waals surface area contributed by atoms with E-state index >= 15 is 0 Å². The molecule has 2 rings (SSSR count). The number of rotatable bonds is 6. The molecule has 6 heteroatoms. The van der Waals surface area contributed by atoms with Gasteiger partial charge in [-0.05, 0) is 5.56 Å². The zero-order valence-corrected chi connectivity index (χ0v) is 15.7. The Morgan fingerprint density at radius 3 is 2.32 bits per heavy atom. The number of piperazine rings is 1. The van der Waals surface area contributed by atoms with Crippen molar-refractivity contribution in [1.82, 2.24) is 20.7 Å². The molecule has 138 valence electrons. The van der Waals surface area contributed by atoms with Crippen LogP contribution in [0.5, 0.6) is 0 Å². The third-order valence-electron chi connectivity index (χ3n) is 4.33. The fourth-order valence-electron chi connectivity index (χ4n) is 2.84. The molecule has 2 N–H and O–H groups in total. The molecule has 0 spiro atoms. The van der Waals surface area contributed by atoms with Crippen LogP contribution < -0.4 is 10.9 Å². The van der Waals surface area contributed by atoms with Crippen molar-refractivity contribution in [3.8, 4) is 0 Å². The number of hydrogen-bond acceptors (Lipinski definition) is 4. The average molecular weight is 345 g/mol. The molecule has 1 heterocycles. The molecule has 0 saturated carbocycles. The maximum atomic E-state index is 11.0. The first-order chi connectivity index (χ1) is 12.0. The van der Waals surface area contributed by atoms with Gasteiger partial charge in [-0.25, -0.2) is 0 Å². The summed E-state index contributed by atoms with van der Waals surface area (Å²) in [5, 5.41) is 0. The highest BCUT2D eigenvalue weighted by atomic mass is 16.2. The minimum atomic E-state index is -0.108. The van der Waals surface area contributed by atoms with Gasteiger partial charge in [0.1, 0.15) is 5.84 Å². The van der Waals surface area contributed by atoms with Crippen molar-refractivity contribution in [3.05, 3.63) is 35.9 Å². The summed E-state index contributed by atoms with van der Waals surface area (Å²) in [5.74, 6) is 0.982. The van der Waals surface area contributed by atoms with Gasteiger partial charge in [0.2, 0.25) is 5.91 Å². The van der Waals surface area contributed by atoms with E-state index in [-0.39, 0.29) is 11.8 Å². The predicted octanol–water partition coefficient (Wildman–Crippen LogP) is 1.50. The Morgan fingerprint density at radius 1 is 1.08 bits per heavy atom. The molecule has 1 aliphatic rings. The van der Waals surface area contributed by atoms with Crippen molar-refractivity contribution in [2.45, 2.75) is 27.3 Å². The number of benzene rings is 1. The van der Waals surface area contributed by atoms with Gasteiger partial charge >= 0.3 is 0 Å². The van der Waals surface area contributed by atoms with E-state index in [0.717, 1.165) is 51.6 Å². The molecule has 6 nitrogen and oxygen atoms in total. The first-order valence-electron chi connectivity index (χ1n) is 9.10. The number of aliphatic imine (C=N–C) groups is 1. The van der Waals surface area contributed by atoms with Crippen molar-refractivity contribution in [2.75, 3.05) is 39.3 Å². The van der Waals surface area contributed by atoms with Crippen molar-refractivity contribution < 1.29 is 4.79 Å². The number of hydrogen-bond donors (Lipinski definition) is 2. The number of amides is 1. The summed E-state index contributed by atoms with van der Waals surface area (Å²) in [7, 11) is 0. The minimum absolute atomic E-state index is 0.108. The van der Waals surface area contributed by atoms with Crippen LogP contribution in [-0.4, -0.2) is 60.8 Å². The lowest BCUT2D eigenvalue weighted by molar-refractivity contribution is -0.119. The van der Waals surface area contributed by atoms with Gasteiger partial charge in [0.15, 0.2) is 0 Å². The lowest BCUT2D eigenvalue weighted by atomic mass is 10.2. The van der Waals surface area contributed by atoms with Crippen LogP contribution in [0.25, 0.3) is 0 Å². The largest absolute Gasteiger partial charge is 0.299 e. The van der Waals surface area contributed by atoms with Gasteiger partial charge in [-0.15, -0.1) is 0 Å². The Hall–Kier alpha value is -1.92. The smallest absolute Gasteiger partial charge is 0.235 e. The van der Waals surface area contributed by atoms with E-state index in [1.54, 1.807) is 0 Å². The van der Waals surface area contributed by atoms with Crippen LogP contribution in [0.3, 0.4) is 0 Å². The minimum Gasteiger partial charge on any atom is -0.299 e. The normalized spacial score (nSPS) is 16.9. The summed E-state index contributed by atoms with van der Waals surface area (Å²) in [6.45, 7) is 12.7. The van der Waals surface area contributed by atoms with Gasteiger partial charge in [-0.2, -0.15) is 0 Å². The van der Waals surface area contributed by atoms with Crippen molar-refractivity contribution in [3.63, 3.8) is 0 Å². The van der Waals surface area contributed by atoms with Crippen LogP contribution in [-0.2, 0) is 11.3 Å². The van der Waals surface area contributed by atoms with Crippen molar-refractivity contribution in [2.24, 2.45) is 10.9 Å². The highest BCUT2D eigenvalue weighted by Gasteiger charge is 2.16. The number of amidine groups is 1. The molecular weight excluding hydrogens is 314 g/mol. The molecule has 0 bridgehead atoms. The quantitative estimate of drug-likeness (QED) is 0.466. The van der Waals surface area contributed by atoms with Crippen LogP contribution in [0, 0.1) is 5.92 Å². The second-order valence-corrected chi connectivity index (χ2v) is 6.83. The standard InChI is InChI=1S/C19H31N5O/c1-16(2)19(22-21-17(3)25)20-9-10-23-11-13-24(14-12-23)15-18-7-5-4-6-8-18/h4-8,16H,9-15H2,1-3H3,(H,20,22)(H,21,25). The summed E-state index contributed by atoms with van der Waals surface area (Å²) < 4.78 is 0. The molecule has 25 heavy (non-hydrogen) atoms. The SMILES string of the molecule is CC(=O)NNC(=NCCN1CCN(Cc2ccccc2)CC1)C(C)C. The molecule has 1 saturated heterocycles. The Bertz CT molecular complexity index is 550. The second kappa shape index (κ2) is 10.2. The molecule has 0 radical (unpaired) electrons. The van der Waals surface area contributed by atoms with E-state index < -0.39 is 0 Å². The van der Waals surface area contributed by atoms with Gasteiger partial charge in [0.25, 0.3) is 0 Å². The lowest BCUT2D eigenvalue weighted by Gasteiger charge is -2.34. The highest BCUT2D eigenvalue weighted by molar-refractivity contribution is 5.86. The maximum absolute atomic E-state index is 11.0. The Morgan fingerprint density at radius 2 is 1.72 bits per heavy atom. The van der Waals surface area contributed by atoms with Crippen LogP contribution >= 0.6 is 0 Å². The van der Waals surface area contributed by atoms with Crippen molar-refractivity contribution in [1.29, 1.82) is 0 Å². The Kier molecular flexibility index (Phi) is 7.88. The summed E-state index contributed by atoms with van der Waals surface area (Å²) in [5.41, 5.74) is 6.90. The van der Waals surface area contributed by atoms with E-state index in [1.165, 1.54) is 12.5 Å². The highest BCUT2D eigenvalue weighted by Crippen LogP contribution is 2.08. The zero-order chi connectivity index (χ0) is 18.1. The molecule has 0 atom stereocenters. The molecular formula is C19H31N5O. The molecule has 1 aromatic carbocycles. The molecule has 1 aliphatic heterocycles. The number of carbonyl (C=O) groups excluding carboxylic acids is 1. The van der Waals surface area contributed by atoms with Crippen LogP contribution in [0.4, 0.5) is 0 Å². The van der Waals surface area contributed by atoms with E-state index in [1.807, 2.05) is 0 Å². The van der Waals surface area contributed by atoms with Crippen molar-refractivity contribution >= 4 is 11.7 Å². The molecule has 0 unspecified atom stereocenters. The van der Waals surface area contributed by atoms with E-state index in [2.05, 4.69) is 69.8 Å². The number of nitrogens with zero attached hydrogens (tertiary/aromatic N) is 3. The van der Waals surface area contributed by atoms with Crippen LogP contribution in [0.2, 0.25) is 0 Å². The summed E-state index contributed by atoms with van der Waals surface area (Å²) in [4.78, 5) is 20.6. The molecule has 1 aromatic rings. The fourth-order valence-corrected chi connectivity index (χ4v) is 2.84. The first kappa shape index (κ1) is 19.4. The fraction of sp³-hybridized carbons (Fsp3) is 0.579. The molecule has 0 aromatic heterocycles. The number of carbonyl (C=O) groups is 1. The summed E-state index contributed by atoms with van der Waals surface area (Å²) >= 11 is 0. The monoisotopic (exact) mass is 345 g/mol. The third kappa shape index (κ3) is 7.23. The number of nitrogens with one attached hydrogen (secondary N) is 2. The van der Waals surface area contributed by atoms with Gasteiger partial charge in [-0.1, -0.05) is 44.2 Å². The second-order valence-electron chi connectivity index (χ2n) is 6.83. The van der Waals surface area contributed by atoms with Crippen LogP contribution in [0.15, 0.2) is 35.3 Å². The molecule has 1 fully saturated rings. The van der Waals surface area contributed by atoms with Gasteiger partial charge in [0.05, 0.1) is 6.54 Å². The van der Waals surface area contributed by atoms with Gasteiger partial charge in [-0.3, -0.25) is 30.4 Å². The lowest BCUT2D eigenvalue weighted by Crippen LogP contribution is -2.47. The van der Waals surface area contributed by atoms with E-state index in [0.29, 0.717) is 0 Å². The predicted molar refractivity (Wildman–Crippen MR) is 102 cm³/mol. The zero-order valence-electron chi connectivity index (χ0n) is 15.7. The first-order valence-corrected chi connectivity index (χ1v) is 9.10. The number of hydrazine groups is 1. The van der Waals surface area contributed by atoms with E-state index in [4.69, 9.17) is 0 Å². The summed E-state index contributed by atoms with van der Waals surface area (Å²) in [6.07, 6.45) is 0. The third-order valence-corrected chi connectivity index (χ3v) is 4.33. The van der Waals surface area contributed by atoms with Gasteiger partial charge in [0, 0.05) is 52.1 Å². The van der Waals surface area contributed by atoms with Gasteiger partial charge < -0.3 is 0 Å². The maximum Gasteiger partial charge on any atom is 0.235 e. The molecule has 1 amide bonds. The summed E-state index contributed by atoms with van der Waals surface area (Å²) in [6, 6.07) is 10.6.